The molecule has 3 aromatic carbocycles. The van der Waals surface area contributed by atoms with Crippen molar-refractivity contribution in [2.45, 2.75) is 11.1 Å². The van der Waals surface area contributed by atoms with E-state index in [1.165, 1.54) is 11.4 Å². The van der Waals surface area contributed by atoms with Crippen LogP contribution in [0.2, 0.25) is 0 Å². The Morgan fingerprint density at radius 2 is 1.50 bits per heavy atom. The zero-order valence-electron chi connectivity index (χ0n) is 17.3. The second-order valence-electron chi connectivity index (χ2n) is 7.19. The molecule has 0 unspecified atom stereocenters. The highest BCUT2D eigenvalue weighted by atomic mass is 32.2. The van der Waals surface area contributed by atoms with Gasteiger partial charge in [0.15, 0.2) is 0 Å². The monoisotopic (exact) mass is 502 g/mol. The van der Waals surface area contributed by atoms with Crippen molar-refractivity contribution in [1.82, 2.24) is 0 Å². The van der Waals surface area contributed by atoms with E-state index in [-0.39, 0.29) is 10.6 Å². The molecule has 0 atom stereocenters. The highest BCUT2D eigenvalue weighted by molar-refractivity contribution is 7.92. The van der Waals surface area contributed by atoms with Gasteiger partial charge in [-0.1, -0.05) is 48.5 Å². The molecule has 0 radical (unpaired) electrons. The van der Waals surface area contributed by atoms with Crippen molar-refractivity contribution in [1.29, 1.82) is 0 Å². The van der Waals surface area contributed by atoms with E-state index in [9.17, 15) is 26.4 Å². The molecular weight excluding hydrogens is 485 g/mol. The number of hydrogen-bond acceptors (Lipinski definition) is 4. The van der Waals surface area contributed by atoms with Crippen LogP contribution in [0.5, 0.6) is 0 Å². The average molecular weight is 503 g/mol. The van der Waals surface area contributed by atoms with E-state index in [0.717, 1.165) is 40.7 Å². The number of anilines is 2. The van der Waals surface area contributed by atoms with Gasteiger partial charge in [0.1, 0.15) is 4.88 Å². The Labute approximate surface area is 197 Å². The Kier molecular flexibility index (Phi) is 6.45. The van der Waals surface area contributed by atoms with Crippen molar-refractivity contribution >= 4 is 38.6 Å². The fourth-order valence-corrected chi connectivity index (χ4v) is 5.10. The molecule has 1 aromatic heterocycles. The predicted molar refractivity (Wildman–Crippen MR) is 126 cm³/mol. The molecule has 2 N–H and O–H groups in total. The van der Waals surface area contributed by atoms with Gasteiger partial charge in [-0.2, -0.15) is 13.2 Å². The summed E-state index contributed by atoms with van der Waals surface area (Å²) in [6, 6.07) is 21.6. The number of thiophene rings is 1. The quantitative estimate of drug-likeness (QED) is 0.317. The fraction of sp³-hybridized carbons (Fsp3) is 0.0417. The van der Waals surface area contributed by atoms with Crippen LogP contribution in [-0.4, -0.2) is 14.3 Å². The summed E-state index contributed by atoms with van der Waals surface area (Å²) in [5.74, 6) is -0.552. The standard InChI is InChI=1S/C24H17F3N2O3S2/c25-24(26,27)18-7-4-8-20(15-18)34(31,32)29-21-13-14-33-22(21)23(30)28-19-11-9-17(10-12-19)16-5-2-1-3-6-16/h1-15,29H,(H,28,30). The van der Waals surface area contributed by atoms with Crippen molar-refractivity contribution in [3.8, 4) is 11.1 Å². The molecule has 0 aliphatic carbocycles. The molecule has 1 amide bonds. The number of rotatable bonds is 6. The third-order valence-electron chi connectivity index (χ3n) is 4.84. The average Bonchev–Trinajstić information content (AvgIpc) is 3.27. The molecular formula is C24H17F3N2O3S2. The number of carbonyl (C=O) groups excluding carboxylic acids is 1. The highest BCUT2D eigenvalue weighted by Gasteiger charge is 2.32. The number of hydrogen-bond donors (Lipinski definition) is 2. The number of amides is 1. The Hall–Kier alpha value is -3.63. The minimum absolute atomic E-state index is 0.0270. The van der Waals surface area contributed by atoms with Crippen LogP contribution >= 0.6 is 11.3 Å². The lowest BCUT2D eigenvalue weighted by Crippen LogP contribution is -2.17. The maximum atomic E-state index is 13.0. The summed E-state index contributed by atoms with van der Waals surface area (Å²) in [6.07, 6.45) is -4.69. The zero-order chi connectivity index (χ0) is 24.3. The van der Waals surface area contributed by atoms with Crippen molar-refractivity contribution in [2.75, 3.05) is 10.0 Å². The first-order valence-electron chi connectivity index (χ1n) is 9.88. The first kappa shape index (κ1) is 23.5. The summed E-state index contributed by atoms with van der Waals surface area (Å²) in [4.78, 5) is 12.3. The number of sulfonamides is 1. The van der Waals surface area contributed by atoms with Crippen LogP contribution in [0.1, 0.15) is 15.2 Å². The van der Waals surface area contributed by atoms with E-state index in [4.69, 9.17) is 0 Å². The Balaban J connectivity index is 1.51. The van der Waals surface area contributed by atoms with Crippen LogP contribution in [0.3, 0.4) is 0 Å². The molecule has 0 bridgehead atoms. The molecule has 0 spiro atoms. The van der Waals surface area contributed by atoms with Gasteiger partial charge in [-0.25, -0.2) is 8.42 Å². The molecule has 0 aliphatic heterocycles. The number of nitrogens with one attached hydrogen (secondary N) is 2. The van der Waals surface area contributed by atoms with Gasteiger partial charge in [0.25, 0.3) is 15.9 Å². The summed E-state index contributed by atoms with van der Waals surface area (Å²) in [6.45, 7) is 0. The number of carbonyl (C=O) groups is 1. The minimum atomic E-state index is -4.69. The van der Waals surface area contributed by atoms with Gasteiger partial charge in [0.2, 0.25) is 0 Å². The predicted octanol–water partition coefficient (Wildman–Crippen LogP) is 6.49. The summed E-state index contributed by atoms with van der Waals surface area (Å²) in [7, 11) is -4.35. The second kappa shape index (κ2) is 9.32. The normalized spacial score (nSPS) is 11.7. The summed E-state index contributed by atoms with van der Waals surface area (Å²) < 4.78 is 66.5. The van der Waals surface area contributed by atoms with Crippen molar-refractivity contribution < 1.29 is 26.4 Å². The molecule has 10 heteroatoms. The lowest BCUT2D eigenvalue weighted by Gasteiger charge is -2.12. The number of benzene rings is 3. The van der Waals surface area contributed by atoms with Crippen molar-refractivity contribution in [2.24, 2.45) is 0 Å². The lowest BCUT2D eigenvalue weighted by atomic mass is 10.1. The second-order valence-corrected chi connectivity index (χ2v) is 9.79. The fourth-order valence-electron chi connectivity index (χ4n) is 3.17. The van der Waals surface area contributed by atoms with E-state index in [1.807, 2.05) is 42.5 Å². The van der Waals surface area contributed by atoms with E-state index >= 15 is 0 Å². The Morgan fingerprint density at radius 3 is 2.18 bits per heavy atom. The van der Waals surface area contributed by atoms with E-state index in [1.54, 1.807) is 12.1 Å². The molecule has 1 heterocycles. The smallest absolute Gasteiger partial charge is 0.321 e. The van der Waals surface area contributed by atoms with Crippen LogP contribution in [0.4, 0.5) is 24.5 Å². The Bertz CT molecular complexity index is 1420. The number of halogens is 3. The molecule has 0 saturated heterocycles. The van der Waals surface area contributed by atoms with Crippen LogP contribution in [-0.2, 0) is 16.2 Å². The lowest BCUT2D eigenvalue weighted by molar-refractivity contribution is -0.137. The van der Waals surface area contributed by atoms with Gasteiger partial charge < -0.3 is 5.32 Å². The third kappa shape index (κ3) is 5.29. The minimum Gasteiger partial charge on any atom is -0.321 e. The maximum Gasteiger partial charge on any atom is 0.416 e. The van der Waals surface area contributed by atoms with E-state index < -0.39 is 32.6 Å². The topological polar surface area (TPSA) is 75.3 Å². The van der Waals surface area contributed by atoms with E-state index in [2.05, 4.69) is 10.0 Å². The maximum absolute atomic E-state index is 13.0. The van der Waals surface area contributed by atoms with Crippen LogP contribution in [0.15, 0.2) is 95.2 Å². The van der Waals surface area contributed by atoms with Crippen LogP contribution in [0.25, 0.3) is 11.1 Å². The molecule has 34 heavy (non-hydrogen) atoms. The molecule has 174 valence electrons. The van der Waals surface area contributed by atoms with Gasteiger partial charge >= 0.3 is 6.18 Å². The van der Waals surface area contributed by atoms with Gasteiger partial charge in [0, 0.05) is 5.69 Å². The van der Waals surface area contributed by atoms with Gasteiger partial charge in [-0.3, -0.25) is 9.52 Å². The molecule has 4 aromatic rings. The van der Waals surface area contributed by atoms with Gasteiger partial charge in [-0.05, 0) is 52.9 Å². The molecule has 4 rings (SSSR count). The Morgan fingerprint density at radius 1 is 0.824 bits per heavy atom. The van der Waals surface area contributed by atoms with Crippen molar-refractivity contribution in [3.63, 3.8) is 0 Å². The zero-order valence-corrected chi connectivity index (χ0v) is 19.0. The van der Waals surface area contributed by atoms with Gasteiger partial charge in [-0.15, -0.1) is 11.3 Å². The third-order valence-corrected chi connectivity index (χ3v) is 7.11. The molecule has 0 saturated carbocycles. The summed E-state index contributed by atoms with van der Waals surface area (Å²) >= 11 is 1.00. The largest absolute Gasteiger partial charge is 0.416 e. The first-order chi connectivity index (χ1) is 16.1. The summed E-state index contributed by atoms with van der Waals surface area (Å²) in [5, 5.41) is 4.22. The highest BCUT2D eigenvalue weighted by Crippen LogP contribution is 2.32. The SMILES string of the molecule is O=C(Nc1ccc(-c2ccccc2)cc1)c1sccc1NS(=O)(=O)c1cccc(C(F)(F)F)c1. The molecule has 0 fully saturated rings. The summed E-state index contributed by atoms with van der Waals surface area (Å²) in [5.41, 5.74) is 1.37. The van der Waals surface area contributed by atoms with E-state index in [0.29, 0.717) is 11.8 Å². The molecule has 0 aliphatic rings. The van der Waals surface area contributed by atoms with Gasteiger partial charge in [0.05, 0.1) is 16.1 Å². The van der Waals surface area contributed by atoms with Crippen LogP contribution in [0, 0.1) is 0 Å². The number of alkyl halides is 3. The van der Waals surface area contributed by atoms with Crippen LogP contribution < -0.4 is 10.0 Å². The van der Waals surface area contributed by atoms with Crippen molar-refractivity contribution in [3.05, 3.63) is 101 Å². The molecule has 5 nitrogen and oxygen atoms in total. The first-order valence-corrected chi connectivity index (χ1v) is 12.2.